The summed E-state index contributed by atoms with van der Waals surface area (Å²) in [5, 5.41) is 22.6. The van der Waals surface area contributed by atoms with Gasteiger partial charge >= 0.3 is 6.03 Å². The minimum absolute atomic E-state index is 0.0328. The number of benzene rings is 2. The van der Waals surface area contributed by atoms with E-state index >= 15 is 0 Å². The first-order chi connectivity index (χ1) is 12.7. The third-order valence-corrected chi connectivity index (χ3v) is 3.88. The molecule has 0 aliphatic heterocycles. The van der Waals surface area contributed by atoms with Gasteiger partial charge in [0.15, 0.2) is 5.82 Å². The van der Waals surface area contributed by atoms with Crippen LogP contribution in [-0.4, -0.2) is 27.9 Å². The molecule has 132 valence electrons. The average molecular weight is 348 g/mol. The number of nitrogens with zero attached hydrogens (tertiary/aromatic N) is 2. The average Bonchev–Trinajstić information content (AvgIpc) is 2.70. The highest BCUT2D eigenvalue weighted by molar-refractivity contribution is 5.88. The highest BCUT2D eigenvalue weighted by Crippen LogP contribution is 2.16. The van der Waals surface area contributed by atoms with Crippen molar-refractivity contribution in [2.45, 2.75) is 13.0 Å². The second-order valence-electron chi connectivity index (χ2n) is 5.78. The van der Waals surface area contributed by atoms with Gasteiger partial charge in [-0.1, -0.05) is 54.6 Å². The maximum absolute atomic E-state index is 11.9. The lowest BCUT2D eigenvalue weighted by molar-refractivity contribution is 0.252. The van der Waals surface area contributed by atoms with Crippen LogP contribution in [0, 0.1) is 0 Å². The molecule has 3 aromatic rings. The predicted octanol–water partition coefficient (Wildman–Crippen LogP) is 3.00. The number of anilines is 1. The minimum atomic E-state index is -0.321. The number of hydrogen-bond acceptors (Lipinski definition) is 4. The number of carbonyl (C=O) groups excluding carboxylic acids is 1. The number of hydrogen-bond donors (Lipinski definition) is 3. The maximum Gasteiger partial charge on any atom is 0.320 e. The van der Waals surface area contributed by atoms with Gasteiger partial charge in [0.05, 0.1) is 12.3 Å². The Morgan fingerprint density at radius 1 is 0.885 bits per heavy atom. The molecule has 3 rings (SSSR count). The van der Waals surface area contributed by atoms with Crippen LogP contribution in [0.2, 0.25) is 0 Å². The van der Waals surface area contributed by atoms with Gasteiger partial charge in [-0.3, -0.25) is 5.32 Å². The zero-order chi connectivity index (χ0) is 18.2. The van der Waals surface area contributed by atoms with Gasteiger partial charge in [0.25, 0.3) is 0 Å². The fourth-order valence-electron chi connectivity index (χ4n) is 2.45. The highest BCUT2D eigenvalue weighted by Gasteiger charge is 2.04. The quantitative estimate of drug-likeness (QED) is 0.639. The van der Waals surface area contributed by atoms with Crippen molar-refractivity contribution >= 4 is 11.8 Å². The summed E-state index contributed by atoms with van der Waals surface area (Å²) < 4.78 is 0. The van der Waals surface area contributed by atoms with E-state index in [1.54, 1.807) is 6.07 Å². The van der Waals surface area contributed by atoms with Gasteiger partial charge in [-0.25, -0.2) is 4.79 Å². The summed E-state index contributed by atoms with van der Waals surface area (Å²) in [6, 6.07) is 20.6. The van der Waals surface area contributed by atoms with E-state index < -0.39 is 0 Å². The smallest absolute Gasteiger partial charge is 0.320 e. The van der Waals surface area contributed by atoms with Crippen LogP contribution in [0.5, 0.6) is 0 Å². The van der Waals surface area contributed by atoms with Gasteiger partial charge in [-0.2, -0.15) is 0 Å². The van der Waals surface area contributed by atoms with Crippen LogP contribution in [0.4, 0.5) is 10.6 Å². The van der Waals surface area contributed by atoms with E-state index in [1.165, 1.54) is 0 Å². The first kappa shape index (κ1) is 17.6. The van der Waals surface area contributed by atoms with E-state index in [2.05, 4.69) is 20.8 Å². The number of rotatable bonds is 6. The second kappa shape index (κ2) is 8.73. The molecular formula is C20H20N4O2. The zero-order valence-corrected chi connectivity index (χ0v) is 14.2. The number of aromatic nitrogens is 2. The standard InChI is InChI=1S/C20H20N4O2/c25-14-16-8-6-15(7-9-16)12-13-21-20(26)22-19-11-10-18(23-24-19)17-4-2-1-3-5-17/h1-11,25H,12-14H2,(H2,21,22,24,26). The molecule has 0 saturated heterocycles. The molecule has 2 aromatic carbocycles. The SMILES string of the molecule is O=C(NCCc1ccc(CO)cc1)Nc1ccc(-c2ccccc2)nn1. The van der Waals surface area contributed by atoms with E-state index in [0.717, 1.165) is 22.4 Å². The Morgan fingerprint density at radius 2 is 1.62 bits per heavy atom. The highest BCUT2D eigenvalue weighted by atomic mass is 16.3. The van der Waals surface area contributed by atoms with Crippen LogP contribution in [0.1, 0.15) is 11.1 Å². The second-order valence-corrected chi connectivity index (χ2v) is 5.78. The number of amides is 2. The van der Waals surface area contributed by atoms with Crippen LogP contribution in [0.15, 0.2) is 66.7 Å². The lowest BCUT2D eigenvalue weighted by atomic mass is 10.1. The summed E-state index contributed by atoms with van der Waals surface area (Å²) in [5.74, 6) is 0.398. The van der Waals surface area contributed by atoms with Gasteiger partial charge in [0.1, 0.15) is 0 Å². The fraction of sp³-hybridized carbons (Fsp3) is 0.150. The molecule has 0 fully saturated rings. The molecule has 1 aromatic heterocycles. The molecule has 0 spiro atoms. The van der Waals surface area contributed by atoms with E-state index in [4.69, 9.17) is 5.11 Å². The molecule has 2 amide bonds. The number of carbonyl (C=O) groups is 1. The van der Waals surface area contributed by atoms with E-state index in [0.29, 0.717) is 18.8 Å². The summed E-state index contributed by atoms with van der Waals surface area (Å²) >= 11 is 0. The first-order valence-corrected chi connectivity index (χ1v) is 8.37. The van der Waals surface area contributed by atoms with Crippen LogP contribution in [-0.2, 0) is 13.0 Å². The lowest BCUT2D eigenvalue weighted by Gasteiger charge is -2.07. The minimum Gasteiger partial charge on any atom is -0.392 e. The summed E-state index contributed by atoms with van der Waals surface area (Å²) in [5.41, 5.74) is 3.69. The summed E-state index contributed by atoms with van der Waals surface area (Å²) in [6.07, 6.45) is 0.706. The number of aliphatic hydroxyl groups is 1. The zero-order valence-electron chi connectivity index (χ0n) is 14.2. The van der Waals surface area contributed by atoms with Crippen LogP contribution >= 0.6 is 0 Å². The Morgan fingerprint density at radius 3 is 2.27 bits per heavy atom. The topological polar surface area (TPSA) is 87.1 Å². The monoisotopic (exact) mass is 348 g/mol. The van der Waals surface area contributed by atoms with Gasteiger partial charge in [0, 0.05) is 12.1 Å². The van der Waals surface area contributed by atoms with Gasteiger partial charge in [-0.15, -0.1) is 10.2 Å². The van der Waals surface area contributed by atoms with Gasteiger partial charge in [-0.05, 0) is 29.7 Å². The molecule has 0 unspecified atom stereocenters. The van der Waals surface area contributed by atoms with Crippen molar-refractivity contribution in [3.05, 3.63) is 77.9 Å². The molecule has 0 aliphatic carbocycles. The molecule has 6 nitrogen and oxygen atoms in total. The van der Waals surface area contributed by atoms with Crippen molar-refractivity contribution in [2.75, 3.05) is 11.9 Å². The molecule has 0 radical (unpaired) electrons. The van der Waals surface area contributed by atoms with Crippen LogP contribution in [0.25, 0.3) is 11.3 Å². The van der Waals surface area contributed by atoms with Crippen molar-refractivity contribution in [1.82, 2.24) is 15.5 Å². The third kappa shape index (κ3) is 4.87. The molecule has 0 saturated carbocycles. The molecule has 0 atom stereocenters. The Kier molecular flexibility index (Phi) is 5.90. The fourth-order valence-corrected chi connectivity index (χ4v) is 2.45. The predicted molar refractivity (Wildman–Crippen MR) is 101 cm³/mol. The van der Waals surface area contributed by atoms with E-state index in [1.807, 2.05) is 60.7 Å². The third-order valence-electron chi connectivity index (χ3n) is 3.88. The van der Waals surface area contributed by atoms with Gasteiger partial charge < -0.3 is 10.4 Å². The Labute approximate surface area is 151 Å². The molecule has 1 heterocycles. The van der Waals surface area contributed by atoms with Crippen molar-refractivity contribution in [1.29, 1.82) is 0 Å². The maximum atomic E-state index is 11.9. The summed E-state index contributed by atoms with van der Waals surface area (Å²) in [6.45, 7) is 0.533. The van der Waals surface area contributed by atoms with E-state index in [9.17, 15) is 4.79 Å². The molecule has 0 aliphatic rings. The molecule has 3 N–H and O–H groups in total. The normalized spacial score (nSPS) is 10.3. The Hall–Kier alpha value is -3.25. The Bertz CT molecular complexity index is 834. The summed E-state index contributed by atoms with van der Waals surface area (Å²) in [4.78, 5) is 11.9. The number of aliphatic hydroxyl groups excluding tert-OH is 1. The van der Waals surface area contributed by atoms with Crippen LogP contribution < -0.4 is 10.6 Å². The number of nitrogens with one attached hydrogen (secondary N) is 2. The first-order valence-electron chi connectivity index (χ1n) is 8.37. The van der Waals surface area contributed by atoms with Crippen LogP contribution in [0.3, 0.4) is 0 Å². The molecule has 26 heavy (non-hydrogen) atoms. The van der Waals surface area contributed by atoms with Gasteiger partial charge in [0.2, 0.25) is 0 Å². The van der Waals surface area contributed by atoms with E-state index in [-0.39, 0.29) is 12.6 Å². The molecule has 6 heteroatoms. The van der Waals surface area contributed by atoms with Crippen molar-refractivity contribution in [3.8, 4) is 11.3 Å². The molecule has 0 bridgehead atoms. The molecular weight excluding hydrogens is 328 g/mol. The lowest BCUT2D eigenvalue weighted by Crippen LogP contribution is -2.30. The number of urea groups is 1. The van der Waals surface area contributed by atoms with Crippen molar-refractivity contribution in [2.24, 2.45) is 0 Å². The Balaban J connectivity index is 1.47. The summed E-state index contributed by atoms with van der Waals surface area (Å²) in [7, 11) is 0. The largest absolute Gasteiger partial charge is 0.392 e. The van der Waals surface area contributed by atoms with Crippen molar-refractivity contribution in [3.63, 3.8) is 0 Å². The van der Waals surface area contributed by atoms with Crippen molar-refractivity contribution < 1.29 is 9.90 Å².